The Balaban J connectivity index is 1.68. The Kier molecular flexibility index (Phi) is 4.19. The second kappa shape index (κ2) is 6.28. The van der Waals surface area contributed by atoms with Crippen LogP contribution in [0.2, 0.25) is 0 Å². The molecule has 2 aromatic carbocycles. The minimum atomic E-state index is -0.845. The van der Waals surface area contributed by atoms with Crippen molar-refractivity contribution in [2.75, 3.05) is 13.2 Å². The van der Waals surface area contributed by atoms with Gasteiger partial charge in [-0.3, -0.25) is 9.59 Å². The topological polar surface area (TPSA) is 66.8 Å². The van der Waals surface area contributed by atoms with Crippen LogP contribution in [0.25, 0.3) is 10.8 Å². The fraction of sp³-hybridized carbons (Fsp3) is 0.333. The standard InChI is InChI=1S/C18H19NO4/c1-12-14(18(21)22)9-10-19(12)17(20)11-23-16-8-4-6-13-5-2-3-7-15(13)16/h2-8,12,14H,9-11H2,1H3,(H,21,22). The molecular formula is C18H19NO4. The molecular weight excluding hydrogens is 294 g/mol. The van der Waals surface area contributed by atoms with E-state index in [2.05, 4.69) is 0 Å². The fourth-order valence-electron chi connectivity index (χ4n) is 3.17. The number of rotatable bonds is 4. The largest absolute Gasteiger partial charge is 0.483 e. The van der Waals surface area contributed by atoms with Gasteiger partial charge in [0, 0.05) is 18.0 Å². The van der Waals surface area contributed by atoms with Crippen molar-refractivity contribution in [2.24, 2.45) is 5.92 Å². The number of carbonyl (C=O) groups is 2. The van der Waals surface area contributed by atoms with Crippen molar-refractivity contribution in [1.29, 1.82) is 0 Å². The molecule has 0 radical (unpaired) electrons. The van der Waals surface area contributed by atoms with E-state index in [0.717, 1.165) is 10.8 Å². The van der Waals surface area contributed by atoms with Crippen LogP contribution in [0, 0.1) is 5.92 Å². The number of carboxylic acid groups (broad SMARTS) is 1. The normalized spacial score (nSPS) is 20.7. The van der Waals surface area contributed by atoms with E-state index in [1.807, 2.05) is 42.5 Å². The summed E-state index contributed by atoms with van der Waals surface area (Å²) in [6, 6.07) is 13.2. The molecule has 2 aromatic rings. The van der Waals surface area contributed by atoms with Crippen LogP contribution in [-0.2, 0) is 9.59 Å². The molecule has 2 unspecified atom stereocenters. The van der Waals surface area contributed by atoms with Crippen molar-refractivity contribution in [3.63, 3.8) is 0 Å². The first-order chi connectivity index (χ1) is 11.1. The van der Waals surface area contributed by atoms with Crippen molar-refractivity contribution in [1.82, 2.24) is 4.90 Å². The number of amides is 1. The van der Waals surface area contributed by atoms with Crippen molar-refractivity contribution >= 4 is 22.6 Å². The number of benzene rings is 2. The van der Waals surface area contributed by atoms with Gasteiger partial charge in [-0.25, -0.2) is 0 Å². The molecule has 23 heavy (non-hydrogen) atoms. The maximum atomic E-state index is 12.3. The van der Waals surface area contributed by atoms with Gasteiger partial charge in [-0.1, -0.05) is 36.4 Å². The number of hydrogen-bond donors (Lipinski definition) is 1. The number of carbonyl (C=O) groups excluding carboxylic acids is 1. The highest BCUT2D eigenvalue weighted by atomic mass is 16.5. The zero-order valence-corrected chi connectivity index (χ0v) is 12.9. The average Bonchev–Trinajstić information content (AvgIpc) is 2.94. The predicted molar refractivity (Wildman–Crippen MR) is 86.4 cm³/mol. The van der Waals surface area contributed by atoms with Crippen molar-refractivity contribution in [2.45, 2.75) is 19.4 Å². The first-order valence-electron chi connectivity index (χ1n) is 7.71. The summed E-state index contributed by atoms with van der Waals surface area (Å²) >= 11 is 0. The zero-order valence-electron chi connectivity index (χ0n) is 12.9. The molecule has 0 aliphatic carbocycles. The van der Waals surface area contributed by atoms with E-state index < -0.39 is 11.9 Å². The number of carboxylic acids is 1. The van der Waals surface area contributed by atoms with Crippen LogP contribution in [0.5, 0.6) is 5.75 Å². The van der Waals surface area contributed by atoms with Gasteiger partial charge >= 0.3 is 5.97 Å². The van der Waals surface area contributed by atoms with E-state index in [1.165, 1.54) is 0 Å². The summed E-state index contributed by atoms with van der Waals surface area (Å²) in [5.41, 5.74) is 0. The van der Waals surface area contributed by atoms with E-state index in [0.29, 0.717) is 18.7 Å². The second-order valence-electron chi connectivity index (χ2n) is 5.83. The molecule has 1 saturated heterocycles. The molecule has 1 aliphatic rings. The molecule has 1 aliphatic heterocycles. The highest BCUT2D eigenvalue weighted by Crippen LogP contribution is 2.27. The number of aliphatic carboxylic acids is 1. The van der Waals surface area contributed by atoms with Crippen molar-refractivity contribution in [3.05, 3.63) is 42.5 Å². The molecule has 0 saturated carbocycles. The predicted octanol–water partition coefficient (Wildman–Crippen LogP) is 2.54. The van der Waals surface area contributed by atoms with Crippen LogP contribution < -0.4 is 4.74 Å². The summed E-state index contributed by atoms with van der Waals surface area (Å²) in [7, 11) is 0. The molecule has 1 amide bonds. The molecule has 5 heteroatoms. The van der Waals surface area contributed by atoms with Crippen LogP contribution >= 0.6 is 0 Å². The highest BCUT2D eigenvalue weighted by molar-refractivity contribution is 5.88. The van der Waals surface area contributed by atoms with Gasteiger partial charge in [0.05, 0.1) is 5.92 Å². The Hall–Kier alpha value is -2.56. The summed E-state index contributed by atoms with van der Waals surface area (Å²) in [5.74, 6) is -0.841. The van der Waals surface area contributed by atoms with E-state index in [1.54, 1.807) is 11.8 Å². The summed E-state index contributed by atoms with van der Waals surface area (Å²) in [6.07, 6.45) is 0.497. The molecule has 0 bridgehead atoms. The Labute approximate surface area is 134 Å². The quantitative estimate of drug-likeness (QED) is 0.942. The van der Waals surface area contributed by atoms with Gasteiger partial charge in [-0.15, -0.1) is 0 Å². The molecule has 0 spiro atoms. The van der Waals surface area contributed by atoms with Gasteiger partial charge < -0.3 is 14.7 Å². The molecule has 1 heterocycles. The third kappa shape index (κ3) is 2.99. The lowest BCUT2D eigenvalue weighted by Gasteiger charge is -2.23. The SMILES string of the molecule is CC1C(C(=O)O)CCN1C(=O)COc1cccc2ccccc12. The first kappa shape index (κ1) is 15.3. The molecule has 5 nitrogen and oxygen atoms in total. The Morgan fingerprint density at radius 2 is 1.96 bits per heavy atom. The van der Waals surface area contributed by atoms with Gasteiger partial charge in [-0.2, -0.15) is 0 Å². The number of hydrogen-bond acceptors (Lipinski definition) is 3. The minimum absolute atomic E-state index is 0.0787. The number of likely N-dealkylation sites (tertiary alicyclic amines) is 1. The first-order valence-corrected chi connectivity index (χ1v) is 7.71. The summed E-state index contributed by atoms with van der Waals surface area (Å²) < 4.78 is 5.70. The third-order valence-corrected chi connectivity index (χ3v) is 4.49. The minimum Gasteiger partial charge on any atom is -0.483 e. The number of nitrogens with zero attached hydrogens (tertiary/aromatic N) is 1. The van der Waals surface area contributed by atoms with Crippen LogP contribution in [0.4, 0.5) is 0 Å². The molecule has 2 atom stereocenters. The third-order valence-electron chi connectivity index (χ3n) is 4.49. The summed E-state index contributed by atoms with van der Waals surface area (Å²) in [4.78, 5) is 25.1. The molecule has 120 valence electrons. The Bertz CT molecular complexity index is 737. The summed E-state index contributed by atoms with van der Waals surface area (Å²) in [5, 5.41) is 11.2. The molecule has 1 N–H and O–H groups in total. The lowest BCUT2D eigenvalue weighted by molar-refractivity contribution is -0.143. The van der Waals surface area contributed by atoms with Crippen LogP contribution in [0.1, 0.15) is 13.3 Å². The van der Waals surface area contributed by atoms with E-state index in [4.69, 9.17) is 9.84 Å². The van der Waals surface area contributed by atoms with Crippen LogP contribution in [-0.4, -0.2) is 41.1 Å². The smallest absolute Gasteiger partial charge is 0.308 e. The molecule has 3 rings (SSSR count). The fourth-order valence-corrected chi connectivity index (χ4v) is 3.17. The maximum absolute atomic E-state index is 12.3. The maximum Gasteiger partial charge on any atom is 0.308 e. The lowest BCUT2D eigenvalue weighted by Crippen LogP contribution is -2.40. The van der Waals surface area contributed by atoms with Gasteiger partial charge in [0.15, 0.2) is 6.61 Å². The number of fused-ring (bicyclic) bond motifs is 1. The van der Waals surface area contributed by atoms with Gasteiger partial charge in [0.25, 0.3) is 5.91 Å². The molecule has 0 aromatic heterocycles. The van der Waals surface area contributed by atoms with Gasteiger partial charge in [0.1, 0.15) is 5.75 Å². The van der Waals surface area contributed by atoms with Crippen LogP contribution in [0.3, 0.4) is 0 Å². The van der Waals surface area contributed by atoms with Gasteiger partial charge in [-0.05, 0) is 24.8 Å². The van der Waals surface area contributed by atoms with E-state index in [-0.39, 0.29) is 18.6 Å². The summed E-state index contributed by atoms with van der Waals surface area (Å²) in [6.45, 7) is 2.17. The second-order valence-corrected chi connectivity index (χ2v) is 5.83. The zero-order chi connectivity index (χ0) is 16.4. The van der Waals surface area contributed by atoms with E-state index in [9.17, 15) is 9.59 Å². The molecule has 1 fully saturated rings. The lowest BCUT2D eigenvalue weighted by atomic mass is 10.0. The highest BCUT2D eigenvalue weighted by Gasteiger charge is 2.38. The van der Waals surface area contributed by atoms with Crippen molar-refractivity contribution in [3.8, 4) is 5.75 Å². The van der Waals surface area contributed by atoms with Crippen LogP contribution in [0.15, 0.2) is 42.5 Å². The van der Waals surface area contributed by atoms with E-state index >= 15 is 0 Å². The van der Waals surface area contributed by atoms with Gasteiger partial charge in [0.2, 0.25) is 0 Å². The number of ether oxygens (including phenoxy) is 1. The van der Waals surface area contributed by atoms with Crippen molar-refractivity contribution < 1.29 is 19.4 Å². The monoisotopic (exact) mass is 313 g/mol. The Morgan fingerprint density at radius 1 is 1.22 bits per heavy atom. The Morgan fingerprint density at radius 3 is 2.70 bits per heavy atom. The average molecular weight is 313 g/mol.